The van der Waals surface area contributed by atoms with E-state index in [1.165, 1.54) is 4.90 Å². The topological polar surface area (TPSA) is 67.9 Å². The zero-order chi connectivity index (χ0) is 21.9. The zero-order valence-electron chi connectivity index (χ0n) is 17.7. The maximum atomic E-state index is 13.0. The summed E-state index contributed by atoms with van der Waals surface area (Å²) in [6, 6.07) is 13.6. The second kappa shape index (κ2) is 12.1. The van der Waals surface area contributed by atoms with E-state index in [9.17, 15) is 9.59 Å². The number of benzene rings is 2. The molecule has 1 atom stereocenters. The summed E-state index contributed by atoms with van der Waals surface area (Å²) in [5, 5.41) is 3.47. The monoisotopic (exact) mass is 432 g/mol. The highest BCUT2D eigenvalue weighted by Crippen LogP contribution is 2.18. The van der Waals surface area contributed by atoms with E-state index in [1.54, 1.807) is 50.4 Å². The van der Waals surface area contributed by atoms with Gasteiger partial charge in [0.1, 0.15) is 17.5 Å². The maximum Gasteiger partial charge on any atom is 0.261 e. The van der Waals surface area contributed by atoms with Crippen LogP contribution in [0.5, 0.6) is 11.5 Å². The lowest BCUT2D eigenvalue weighted by Gasteiger charge is -2.28. The van der Waals surface area contributed by atoms with Crippen molar-refractivity contribution in [3.63, 3.8) is 0 Å². The SMILES string of the molecule is CCCCNC(=O)C(C)N(Cc1cccc(Cl)c1)C(=O)COc1ccc(OC)cc1. The second-order valence-electron chi connectivity index (χ2n) is 6.94. The van der Waals surface area contributed by atoms with Gasteiger partial charge in [-0.3, -0.25) is 9.59 Å². The summed E-state index contributed by atoms with van der Waals surface area (Å²) in [7, 11) is 1.58. The average Bonchev–Trinajstić information content (AvgIpc) is 2.75. The molecule has 1 N–H and O–H groups in total. The van der Waals surface area contributed by atoms with Crippen molar-refractivity contribution in [2.75, 3.05) is 20.3 Å². The van der Waals surface area contributed by atoms with Gasteiger partial charge in [0, 0.05) is 18.1 Å². The number of carbonyl (C=O) groups is 2. The molecule has 0 saturated heterocycles. The van der Waals surface area contributed by atoms with Gasteiger partial charge in [0.15, 0.2) is 6.61 Å². The van der Waals surface area contributed by atoms with Crippen molar-refractivity contribution in [3.8, 4) is 11.5 Å². The Morgan fingerprint density at radius 3 is 2.47 bits per heavy atom. The van der Waals surface area contributed by atoms with Gasteiger partial charge >= 0.3 is 0 Å². The standard InChI is InChI=1S/C23H29ClN2O4/c1-4-5-13-25-23(28)17(2)26(15-18-7-6-8-19(24)14-18)22(27)16-30-21-11-9-20(29-3)10-12-21/h6-12,14,17H,4-5,13,15-16H2,1-3H3,(H,25,28). The molecule has 2 amide bonds. The molecule has 7 heteroatoms. The normalized spacial score (nSPS) is 11.5. The van der Waals surface area contributed by atoms with Gasteiger partial charge in [0.05, 0.1) is 7.11 Å². The van der Waals surface area contributed by atoms with Gasteiger partial charge in [-0.05, 0) is 55.3 Å². The highest BCUT2D eigenvalue weighted by atomic mass is 35.5. The fourth-order valence-corrected chi connectivity index (χ4v) is 3.06. The van der Waals surface area contributed by atoms with Crippen LogP contribution in [-0.2, 0) is 16.1 Å². The maximum absolute atomic E-state index is 13.0. The molecular formula is C23H29ClN2O4. The summed E-state index contributed by atoms with van der Waals surface area (Å²) in [6.07, 6.45) is 1.87. The molecule has 0 heterocycles. The molecule has 0 fully saturated rings. The van der Waals surface area contributed by atoms with E-state index >= 15 is 0 Å². The lowest BCUT2D eigenvalue weighted by Crippen LogP contribution is -2.49. The molecule has 0 spiro atoms. The lowest BCUT2D eigenvalue weighted by molar-refractivity contribution is -0.142. The molecule has 0 aromatic heterocycles. The summed E-state index contributed by atoms with van der Waals surface area (Å²) >= 11 is 6.08. The third-order valence-electron chi connectivity index (χ3n) is 4.66. The number of amides is 2. The number of nitrogens with one attached hydrogen (secondary N) is 1. The van der Waals surface area contributed by atoms with Crippen LogP contribution in [0, 0.1) is 0 Å². The van der Waals surface area contributed by atoms with Crippen molar-refractivity contribution >= 4 is 23.4 Å². The molecule has 0 aliphatic carbocycles. The molecule has 0 saturated carbocycles. The van der Waals surface area contributed by atoms with Crippen LogP contribution in [0.25, 0.3) is 0 Å². The van der Waals surface area contributed by atoms with Crippen molar-refractivity contribution in [1.29, 1.82) is 0 Å². The average molecular weight is 433 g/mol. The molecular weight excluding hydrogens is 404 g/mol. The van der Waals surface area contributed by atoms with Gasteiger partial charge < -0.3 is 19.7 Å². The Hall–Kier alpha value is -2.73. The van der Waals surface area contributed by atoms with E-state index < -0.39 is 6.04 Å². The Kier molecular flexibility index (Phi) is 9.48. The predicted molar refractivity (Wildman–Crippen MR) is 118 cm³/mol. The van der Waals surface area contributed by atoms with Gasteiger partial charge in [0.2, 0.25) is 5.91 Å². The summed E-state index contributed by atoms with van der Waals surface area (Å²) in [5.41, 5.74) is 0.841. The van der Waals surface area contributed by atoms with E-state index in [1.807, 2.05) is 12.1 Å². The Balaban J connectivity index is 2.09. The highest BCUT2D eigenvalue weighted by molar-refractivity contribution is 6.30. The quantitative estimate of drug-likeness (QED) is 0.544. The van der Waals surface area contributed by atoms with Crippen LogP contribution in [-0.4, -0.2) is 43.0 Å². The van der Waals surface area contributed by atoms with Crippen LogP contribution in [0.3, 0.4) is 0 Å². The van der Waals surface area contributed by atoms with E-state index in [2.05, 4.69) is 12.2 Å². The summed E-state index contributed by atoms with van der Waals surface area (Å²) < 4.78 is 10.8. The fourth-order valence-electron chi connectivity index (χ4n) is 2.85. The summed E-state index contributed by atoms with van der Waals surface area (Å²) in [4.78, 5) is 27.1. The molecule has 2 aromatic rings. The first-order valence-electron chi connectivity index (χ1n) is 10.0. The van der Waals surface area contributed by atoms with Crippen molar-refractivity contribution in [2.24, 2.45) is 0 Å². The number of rotatable bonds is 11. The predicted octanol–water partition coefficient (Wildman–Crippen LogP) is 4.06. The number of hydrogen-bond donors (Lipinski definition) is 1. The third kappa shape index (κ3) is 7.26. The van der Waals surface area contributed by atoms with Crippen molar-refractivity contribution in [2.45, 2.75) is 39.3 Å². The van der Waals surface area contributed by atoms with E-state index in [4.69, 9.17) is 21.1 Å². The largest absolute Gasteiger partial charge is 0.497 e. The van der Waals surface area contributed by atoms with Crippen LogP contribution < -0.4 is 14.8 Å². The molecule has 0 aliphatic heterocycles. The molecule has 6 nitrogen and oxygen atoms in total. The molecule has 0 radical (unpaired) electrons. The van der Waals surface area contributed by atoms with Gasteiger partial charge in [-0.15, -0.1) is 0 Å². The number of carbonyl (C=O) groups excluding carboxylic acids is 2. The van der Waals surface area contributed by atoms with Crippen molar-refractivity contribution < 1.29 is 19.1 Å². The van der Waals surface area contributed by atoms with Gasteiger partial charge in [-0.1, -0.05) is 37.1 Å². The number of hydrogen-bond acceptors (Lipinski definition) is 4. The van der Waals surface area contributed by atoms with Crippen LogP contribution in [0.2, 0.25) is 5.02 Å². The molecule has 2 aromatic carbocycles. The van der Waals surface area contributed by atoms with Gasteiger partial charge in [-0.25, -0.2) is 0 Å². The first-order chi connectivity index (χ1) is 14.4. The van der Waals surface area contributed by atoms with Crippen molar-refractivity contribution in [3.05, 3.63) is 59.1 Å². The Morgan fingerprint density at radius 1 is 1.13 bits per heavy atom. The number of halogens is 1. The summed E-state index contributed by atoms with van der Waals surface area (Å²) in [5.74, 6) is 0.771. The third-order valence-corrected chi connectivity index (χ3v) is 4.90. The zero-order valence-corrected chi connectivity index (χ0v) is 18.4. The van der Waals surface area contributed by atoms with Crippen LogP contribution >= 0.6 is 11.6 Å². The minimum absolute atomic E-state index is 0.181. The molecule has 1 unspecified atom stereocenters. The molecule has 0 aliphatic rings. The van der Waals surface area contributed by atoms with E-state index in [0.717, 1.165) is 18.4 Å². The molecule has 2 rings (SSSR count). The van der Waals surface area contributed by atoms with Crippen LogP contribution in [0.1, 0.15) is 32.3 Å². The first kappa shape index (κ1) is 23.5. The number of nitrogens with zero attached hydrogens (tertiary/aromatic N) is 1. The minimum atomic E-state index is -0.646. The molecule has 162 valence electrons. The Bertz CT molecular complexity index is 826. The highest BCUT2D eigenvalue weighted by Gasteiger charge is 2.26. The van der Waals surface area contributed by atoms with Crippen molar-refractivity contribution in [1.82, 2.24) is 10.2 Å². The number of ether oxygens (including phenoxy) is 2. The number of methoxy groups -OCH3 is 1. The number of unbranched alkanes of at least 4 members (excludes halogenated alkanes) is 1. The van der Waals surface area contributed by atoms with E-state index in [-0.39, 0.29) is 25.0 Å². The second-order valence-corrected chi connectivity index (χ2v) is 7.37. The summed E-state index contributed by atoms with van der Waals surface area (Å²) in [6.45, 7) is 4.44. The van der Waals surface area contributed by atoms with Gasteiger partial charge in [0.25, 0.3) is 5.91 Å². The smallest absolute Gasteiger partial charge is 0.261 e. The lowest BCUT2D eigenvalue weighted by atomic mass is 10.1. The Labute approximate surface area is 183 Å². The van der Waals surface area contributed by atoms with Crippen LogP contribution in [0.4, 0.5) is 0 Å². The minimum Gasteiger partial charge on any atom is -0.497 e. The van der Waals surface area contributed by atoms with Crippen LogP contribution in [0.15, 0.2) is 48.5 Å². The molecule has 30 heavy (non-hydrogen) atoms. The molecule has 0 bridgehead atoms. The van der Waals surface area contributed by atoms with Gasteiger partial charge in [-0.2, -0.15) is 0 Å². The first-order valence-corrected chi connectivity index (χ1v) is 10.4. The van der Waals surface area contributed by atoms with E-state index in [0.29, 0.717) is 23.1 Å². The Morgan fingerprint density at radius 2 is 1.83 bits per heavy atom. The fraction of sp³-hybridized carbons (Fsp3) is 0.391.